The van der Waals surface area contributed by atoms with Gasteiger partial charge >= 0.3 is 12.1 Å². The summed E-state index contributed by atoms with van der Waals surface area (Å²) in [4.78, 5) is 52.7. The largest absolute Gasteiger partial charge is 0.466 e. The molecule has 1 aromatic rings. The third kappa shape index (κ3) is 8.51. The number of esters is 1. The molecule has 0 aliphatic heterocycles. The van der Waals surface area contributed by atoms with Gasteiger partial charge in [-0.1, -0.05) is 36.8 Å². The van der Waals surface area contributed by atoms with Crippen LogP contribution in [0.4, 0.5) is 4.79 Å². The highest BCUT2D eigenvalue weighted by molar-refractivity contribution is 5.92. The van der Waals surface area contributed by atoms with Gasteiger partial charge in [0.25, 0.3) is 0 Å². The molecule has 10 heteroatoms. The number of nitrogens with zero attached hydrogens (tertiary/aromatic N) is 1. The average molecular weight is 506 g/mol. The highest BCUT2D eigenvalue weighted by Gasteiger charge is 2.48. The molecule has 3 N–H and O–H groups in total. The van der Waals surface area contributed by atoms with Crippen molar-refractivity contribution in [3.8, 4) is 0 Å². The van der Waals surface area contributed by atoms with Gasteiger partial charge in [0.2, 0.25) is 11.8 Å². The van der Waals surface area contributed by atoms with E-state index in [0.717, 1.165) is 5.56 Å². The Kier molecular flexibility index (Phi) is 10.3. The quantitative estimate of drug-likeness (QED) is 0.393. The third-order valence-electron chi connectivity index (χ3n) is 5.67. The smallest absolute Gasteiger partial charge is 0.408 e. The van der Waals surface area contributed by atoms with E-state index in [1.807, 2.05) is 26.0 Å². The second-order valence-electron chi connectivity index (χ2n) is 10.1. The number of amides is 3. The summed E-state index contributed by atoms with van der Waals surface area (Å²) in [5.74, 6) is -1.36. The molecule has 1 aromatic carbocycles. The lowest BCUT2D eigenvalue weighted by Crippen LogP contribution is -2.55. The number of rotatable bonds is 11. The van der Waals surface area contributed by atoms with Gasteiger partial charge < -0.3 is 30.1 Å². The Bertz CT molecular complexity index is 944. The van der Waals surface area contributed by atoms with E-state index in [2.05, 4.69) is 10.6 Å². The van der Waals surface area contributed by atoms with Crippen LogP contribution in [0.3, 0.4) is 0 Å². The number of aliphatic hydroxyl groups is 1. The summed E-state index contributed by atoms with van der Waals surface area (Å²) in [6, 6.07) is 4.67. The molecule has 0 aromatic heterocycles. The number of ether oxygens (including phenoxy) is 2. The van der Waals surface area contributed by atoms with Gasteiger partial charge in [-0.3, -0.25) is 14.4 Å². The maximum Gasteiger partial charge on any atom is 0.408 e. The zero-order valence-corrected chi connectivity index (χ0v) is 22.0. The minimum atomic E-state index is -1.30. The lowest BCUT2D eigenvalue weighted by Gasteiger charge is -2.34. The molecule has 1 aliphatic rings. The van der Waals surface area contributed by atoms with Gasteiger partial charge in [-0.25, -0.2) is 4.79 Å². The van der Waals surface area contributed by atoms with Crippen LogP contribution in [0.25, 0.3) is 0 Å². The summed E-state index contributed by atoms with van der Waals surface area (Å²) in [5, 5.41) is 15.2. The normalized spacial score (nSPS) is 18.4. The monoisotopic (exact) mass is 505 g/mol. The number of aliphatic hydroxyl groups excluding tert-OH is 1. The summed E-state index contributed by atoms with van der Waals surface area (Å²) < 4.78 is 10.2. The molecular formula is C26H39N3O7. The van der Waals surface area contributed by atoms with E-state index in [0.29, 0.717) is 12.0 Å². The molecule has 1 saturated carbocycles. The highest BCUT2D eigenvalue weighted by atomic mass is 16.6. The Hall–Kier alpha value is -3.14. The molecule has 0 bridgehead atoms. The van der Waals surface area contributed by atoms with Crippen molar-refractivity contribution in [2.24, 2.45) is 5.92 Å². The molecular weight excluding hydrogens is 466 g/mol. The molecule has 4 unspecified atom stereocenters. The summed E-state index contributed by atoms with van der Waals surface area (Å²) in [6.45, 7) is 10.2. The lowest BCUT2D eigenvalue weighted by atomic mass is 10.0. The number of carbonyl (C=O) groups excluding carboxylic acids is 4. The zero-order valence-electron chi connectivity index (χ0n) is 22.0. The number of nitrogens with one attached hydrogen (secondary N) is 2. The van der Waals surface area contributed by atoms with Crippen molar-refractivity contribution >= 4 is 23.9 Å². The van der Waals surface area contributed by atoms with Gasteiger partial charge in [0.15, 0.2) is 0 Å². The molecule has 0 radical (unpaired) electrons. The van der Waals surface area contributed by atoms with Crippen molar-refractivity contribution in [1.82, 2.24) is 15.5 Å². The summed E-state index contributed by atoms with van der Waals surface area (Å²) in [7, 11) is 0. The fraction of sp³-hybridized carbons (Fsp3) is 0.615. The molecule has 2 rings (SSSR count). The van der Waals surface area contributed by atoms with Crippen LogP contribution in [0.2, 0.25) is 0 Å². The first kappa shape index (κ1) is 29.1. The van der Waals surface area contributed by atoms with Crippen LogP contribution >= 0.6 is 0 Å². The Morgan fingerprint density at radius 1 is 1.22 bits per heavy atom. The number of aryl methyl sites for hydroxylation is 1. The maximum absolute atomic E-state index is 13.7. The molecule has 200 valence electrons. The molecule has 36 heavy (non-hydrogen) atoms. The Labute approximate surface area is 212 Å². The standard InChI is InChI=1S/C26H39N3O7/c1-7-35-21(31)11-12-27-23(32)22(18-10-8-9-16(2)13-18)29(20-14-17(20)3)24(33)19(15-30)28-25(34)36-26(4,5)6/h8-10,13,17,19-20,22,30H,7,11-12,14-15H2,1-6H3,(H,27,32)(H,28,34). The maximum atomic E-state index is 13.7. The van der Waals surface area contributed by atoms with Crippen molar-refractivity contribution < 1.29 is 33.8 Å². The van der Waals surface area contributed by atoms with Crippen molar-refractivity contribution in [2.45, 2.75) is 78.1 Å². The van der Waals surface area contributed by atoms with Crippen LogP contribution in [0.5, 0.6) is 0 Å². The first-order valence-corrected chi connectivity index (χ1v) is 12.3. The van der Waals surface area contributed by atoms with Crippen LogP contribution in [-0.4, -0.2) is 71.3 Å². The molecule has 0 heterocycles. The molecule has 3 amide bonds. The van der Waals surface area contributed by atoms with Gasteiger partial charge in [-0.2, -0.15) is 0 Å². The minimum Gasteiger partial charge on any atom is -0.466 e. The van der Waals surface area contributed by atoms with Gasteiger partial charge in [0.1, 0.15) is 17.7 Å². The van der Waals surface area contributed by atoms with Crippen LogP contribution < -0.4 is 10.6 Å². The van der Waals surface area contributed by atoms with Crippen LogP contribution in [-0.2, 0) is 23.9 Å². The number of hydrogen-bond acceptors (Lipinski definition) is 7. The molecule has 0 spiro atoms. The first-order valence-electron chi connectivity index (χ1n) is 12.3. The molecule has 1 aliphatic carbocycles. The number of benzene rings is 1. The second kappa shape index (κ2) is 12.7. The first-order chi connectivity index (χ1) is 16.9. The third-order valence-corrected chi connectivity index (χ3v) is 5.67. The van der Waals surface area contributed by atoms with Crippen molar-refractivity contribution in [2.75, 3.05) is 19.8 Å². The second-order valence-corrected chi connectivity index (χ2v) is 10.1. The van der Waals surface area contributed by atoms with E-state index in [1.165, 1.54) is 4.90 Å². The minimum absolute atomic E-state index is 0.00659. The molecule has 10 nitrogen and oxygen atoms in total. The lowest BCUT2D eigenvalue weighted by molar-refractivity contribution is -0.145. The van der Waals surface area contributed by atoms with E-state index in [1.54, 1.807) is 39.8 Å². The van der Waals surface area contributed by atoms with Crippen LogP contribution in [0, 0.1) is 12.8 Å². The van der Waals surface area contributed by atoms with Crippen molar-refractivity contribution in [3.05, 3.63) is 35.4 Å². The number of hydrogen-bond donors (Lipinski definition) is 3. The molecule has 1 fully saturated rings. The Morgan fingerprint density at radius 2 is 1.89 bits per heavy atom. The van der Waals surface area contributed by atoms with Gasteiger partial charge in [-0.05, 0) is 52.5 Å². The summed E-state index contributed by atoms with van der Waals surface area (Å²) in [6.07, 6.45) is -0.174. The summed E-state index contributed by atoms with van der Waals surface area (Å²) >= 11 is 0. The predicted molar refractivity (Wildman–Crippen MR) is 133 cm³/mol. The van der Waals surface area contributed by atoms with Gasteiger partial charge in [0, 0.05) is 12.6 Å². The van der Waals surface area contributed by atoms with E-state index >= 15 is 0 Å². The number of carbonyl (C=O) groups is 4. The SMILES string of the molecule is CCOC(=O)CCNC(=O)C(c1cccc(C)c1)N(C(=O)C(CO)NC(=O)OC(C)(C)C)C1CC1C. The fourth-order valence-electron chi connectivity index (χ4n) is 3.88. The Balaban J connectivity index is 2.35. The van der Waals surface area contributed by atoms with E-state index in [-0.39, 0.29) is 31.5 Å². The van der Waals surface area contributed by atoms with Gasteiger partial charge in [0.05, 0.1) is 19.6 Å². The van der Waals surface area contributed by atoms with E-state index < -0.39 is 48.2 Å². The van der Waals surface area contributed by atoms with E-state index in [9.17, 15) is 24.3 Å². The number of alkyl carbamates (subject to hydrolysis) is 1. The fourth-order valence-corrected chi connectivity index (χ4v) is 3.88. The van der Waals surface area contributed by atoms with Crippen LogP contribution in [0.1, 0.15) is 64.6 Å². The molecule has 4 atom stereocenters. The Morgan fingerprint density at radius 3 is 2.42 bits per heavy atom. The average Bonchev–Trinajstić information content (AvgIpc) is 3.49. The topological polar surface area (TPSA) is 134 Å². The van der Waals surface area contributed by atoms with Crippen LogP contribution in [0.15, 0.2) is 24.3 Å². The van der Waals surface area contributed by atoms with E-state index in [4.69, 9.17) is 9.47 Å². The van der Waals surface area contributed by atoms with Gasteiger partial charge in [-0.15, -0.1) is 0 Å². The van der Waals surface area contributed by atoms with Crippen molar-refractivity contribution in [1.29, 1.82) is 0 Å². The predicted octanol–water partition coefficient (Wildman–Crippen LogP) is 2.23. The zero-order chi connectivity index (χ0) is 27.0. The molecule has 0 saturated heterocycles. The van der Waals surface area contributed by atoms with Crippen molar-refractivity contribution in [3.63, 3.8) is 0 Å². The summed E-state index contributed by atoms with van der Waals surface area (Å²) in [5.41, 5.74) is 0.699. The highest BCUT2D eigenvalue weighted by Crippen LogP contribution is 2.40.